The van der Waals surface area contributed by atoms with Gasteiger partial charge in [-0.05, 0) is 57.7 Å². The smallest absolute Gasteiger partial charge is 0.258 e. The summed E-state index contributed by atoms with van der Waals surface area (Å²) < 4.78 is 6.52. The number of hydrogen-bond donors (Lipinski definition) is 2. The fraction of sp³-hybridized carbons (Fsp3) is 0.667. The molecule has 3 atom stereocenters. The fourth-order valence-corrected chi connectivity index (χ4v) is 4.26. The molecule has 2 N–H and O–H groups in total. The van der Waals surface area contributed by atoms with E-state index in [1.54, 1.807) is 17.0 Å². The lowest BCUT2D eigenvalue weighted by Crippen LogP contribution is -2.50. The number of benzene rings is 1. The van der Waals surface area contributed by atoms with E-state index in [1.165, 1.54) is 12.8 Å². The van der Waals surface area contributed by atoms with Gasteiger partial charge in [0.2, 0.25) is 5.91 Å². The van der Waals surface area contributed by atoms with Crippen molar-refractivity contribution in [3.8, 4) is 5.75 Å². The highest BCUT2D eigenvalue weighted by Crippen LogP contribution is 2.37. The van der Waals surface area contributed by atoms with Crippen molar-refractivity contribution in [3.05, 3.63) is 23.8 Å². The number of para-hydroxylation sites is 1. The third kappa shape index (κ3) is 5.21. The Kier molecular flexibility index (Phi) is 6.53. The summed E-state index contributed by atoms with van der Waals surface area (Å²) in [5, 5.41) is 12.8. The number of carbonyl (C=O) groups excluding carboxylic acids is 2. The first kappa shape index (κ1) is 22.1. The molecule has 7 heteroatoms. The SMILES string of the molecule is C[C@H]1CN([C@@H](C)CO)C(=O)c2cccc(NC(=O)C3CC3)c2O[C@@H]1CN(C)CC1CC1. The highest BCUT2D eigenvalue weighted by Gasteiger charge is 2.36. The van der Waals surface area contributed by atoms with Gasteiger partial charge in [0.15, 0.2) is 5.75 Å². The van der Waals surface area contributed by atoms with Gasteiger partial charge in [0.05, 0.1) is 23.9 Å². The molecule has 0 saturated heterocycles. The van der Waals surface area contributed by atoms with Gasteiger partial charge in [-0.1, -0.05) is 13.0 Å². The first-order valence-corrected chi connectivity index (χ1v) is 11.6. The minimum atomic E-state index is -0.296. The van der Waals surface area contributed by atoms with Crippen LogP contribution in [0.5, 0.6) is 5.75 Å². The summed E-state index contributed by atoms with van der Waals surface area (Å²) in [5.41, 5.74) is 0.999. The maximum atomic E-state index is 13.4. The number of amides is 2. The molecule has 1 aromatic rings. The Bertz CT molecular complexity index is 821. The Balaban J connectivity index is 1.66. The van der Waals surface area contributed by atoms with E-state index in [-0.39, 0.29) is 42.4 Å². The summed E-state index contributed by atoms with van der Waals surface area (Å²) >= 11 is 0. The van der Waals surface area contributed by atoms with Gasteiger partial charge in [-0.2, -0.15) is 0 Å². The van der Waals surface area contributed by atoms with E-state index < -0.39 is 0 Å². The molecule has 1 aliphatic heterocycles. The van der Waals surface area contributed by atoms with E-state index in [2.05, 4.69) is 24.2 Å². The quantitative estimate of drug-likeness (QED) is 0.664. The molecule has 0 radical (unpaired) electrons. The Morgan fingerprint density at radius 2 is 2.03 bits per heavy atom. The number of ether oxygens (including phenoxy) is 1. The van der Waals surface area contributed by atoms with Crippen molar-refractivity contribution in [1.29, 1.82) is 0 Å². The predicted octanol–water partition coefficient (Wildman–Crippen LogP) is 2.60. The minimum absolute atomic E-state index is 0.0115. The average Bonchev–Trinajstić information content (AvgIpc) is 3.64. The second-order valence-electron chi connectivity index (χ2n) is 9.73. The number of aliphatic hydroxyl groups is 1. The van der Waals surface area contributed by atoms with Crippen LogP contribution in [0.3, 0.4) is 0 Å². The first-order chi connectivity index (χ1) is 14.9. The van der Waals surface area contributed by atoms with Crippen molar-refractivity contribution in [1.82, 2.24) is 9.80 Å². The molecular weight excluding hydrogens is 394 g/mol. The summed E-state index contributed by atoms with van der Waals surface area (Å²) in [6.45, 7) is 6.17. The molecule has 0 aromatic heterocycles. The van der Waals surface area contributed by atoms with Gasteiger partial charge in [-0.15, -0.1) is 0 Å². The molecule has 4 rings (SSSR count). The fourth-order valence-electron chi connectivity index (χ4n) is 4.26. The normalized spacial score (nSPS) is 24.8. The number of fused-ring (bicyclic) bond motifs is 1. The van der Waals surface area contributed by atoms with E-state index >= 15 is 0 Å². The molecule has 2 aliphatic carbocycles. The highest BCUT2D eigenvalue weighted by molar-refractivity contribution is 6.02. The summed E-state index contributed by atoms with van der Waals surface area (Å²) in [6.07, 6.45) is 4.27. The van der Waals surface area contributed by atoms with Crippen LogP contribution in [0.1, 0.15) is 49.9 Å². The van der Waals surface area contributed by atoms with Crippen LogP contribution in [0.15, 0.2) is 18.2 Å². The lowest BCUT2D eigenvalue weighted by Gasteiger charge is -2.38. The summed E-state index contributed by atoms with van der Waals surface area (Å²) in [6, 6.07) is 5.05. The topological polar surface area (TPSA) is 82.1 Å². The highest BCUT2D eigenvalue weighted by atomic mass is 16.5. The molecule has 31 heavy (non-hydrogen) atoms. The first-order valence-electron chi connectivity index (χ1n) is 11.6. The number of rotatable bonds is 8. The monoisotopic (exact) mass is 429 g/mol. The number of hydrogen-bond acceptors (Lipinski definition) is 5. The molecule has 3 aliphatic rings. The van der Waals surface area contributed by atoms with Crippen LogP contribution in [0.25, 0.3) is 0 Å². The Labute approximate surface area is 184 Å². The zero-order valence-electron chi connectivity index (χ0n) is 18.8. The molecule has 2 saturated carbocycles. The van der Waals surface area contributed by atoms with Crippen LogP contribution in [0.2, 0.25) is 0 Å². The Morgan fingerprint density at radius 1 is 1.29 bits per heavy atom. The number of carbonyl (C=O) groups is 2. The van der Waals surface area contributed by atoms with Gasteiger partial charge in [0, 0.05) is 31.5 Å². The van der Waals surface area contributed by atoms with Gasteiger partial charge in [-0.25, -0.2) is 0 Å². The summed E-state index contributed by atoms with van der Waals surface area (Å²) in [7, 11) is 2.12. The molecule has 170 valence electrons. The van der Waals surface area contributed by atoms with Crippen molar-refractivity contribution in [2.45, 2.75) is 51.7 Å². The van der Waals surface area contributed by atoms with E-state index in [1.807, 2.05) is 13.0 Å². The van der Waals surface area contributed by atoms with E-state index in [0.717, 1.165) is 31.8 Å². The molecule has 0 spiro atoms. The second kappa shape index (κ2) is 9.17. The standard InChI is InChI=1S/C24H35N3O4/c1-15-11-27(16(2)14-28)24(30)19-5-4-6-20(25-23(29)18-9-10-18)22(19)31-21(15)13-26(3)12-17-7-8-17/h4-6,15-18,21,28H,7-14H2,1-3H3,(H,25,29)/t15-,16-,21+/m0/s1. The zero-order chi connectivity index (χ0) is 22.1. The van der Waals surface area contributed by atoms with Crippen molar-refractivity contribution < 1.29 is 19.4 Å². The van der Waals surface area contributed by atoms with Crippen LogP contribution in [-0.2, 0) is 4.79 Å². The molecule has 1 heterocycles. The minimum Gasteiger partial charge on any atom is -0.486 e. The maximum absolute atomic E-state index is 13.4. The molecule has 0 unspecified atom stereocenters. The Hall–Kier alpha value is -2.12. The van der Waals surface area contributed by atoms with Gasteiger partial charge in [-0.3, -0.25) is 9.59 Å². The average molecular weight is 430 g/mol. The number of likely N-dealkylation sites (N-methyl/N-ethyl adjacent to an activating group) is 1. The number of nitrogens with one attached hydrogen (secondary N) is 1. The number of anilines is 1. The van der Waals surface area contributed by atoms with E-state index in [4.69, 9.17) is 4.74 Å². The van der Waals surface area contributed by atoms with Gasteiger partial charge in [0.25, 0.3) is 5.91 Å². The second-order valence-corrected chi connectivity index (χ2v) is 9.73. The lowest BCUT2D eigenvalue weighted by molar-refractivity contribution is -0.117. The van der Waals surface area contributed by atoms with Crippen LogP contribution in [0.4, 0.5) is 5.69 Å². The number of aliphatic hydroxyl groups excluding tert-OH is 1. The molecule has 2 amide bonds. The summed E-state index contributed by atoms with van der Waals surface area (Å²) in [5.74, 6) is 1.18. The third-order valence-corrected chi connectivity index (χ3v) is 6.66. The van der Waals surface area contributed by atoms with Crippen LogP contribution < -0.4 is 10.1 Å². The van der Waals surface area contributed by atoms with Crippen LogP contribution in [-0.4, -0.2) is 72.2 Å². The molecule has 1 aromatic carbocycles. The largest absolute Gasteiger partial charge is 0.486 e. The zero-order valence-corrected chi connectivity index (χ0v) is 18.8. The van der Waals surface area contributed by atoms with Gasteiger partial charge < -0.3 is 25.0 Å². The third-order valence-electron chi connectivity index (χ3n) is 6.66. The van der Waals surface area contributed by atoms with Crippen LogP contribution >= 0.6 is 0 Å². The Morgan fingerprint density at radius 3 is 2.68 bits per heavy atom. The molecule has 7 nitrogen and oxygen atoms in total. The van der Waals surface area contributed by atoms with Crippen molar-refractivity contribution in [2.24, 2.45) is 17.8 Å². The van der Waals surface area contributed by atoms with Gasteiger partial charge >= 0.3 is 0 Å². The molecule has 0 bridgehead atoms. The number of nitrogens with zero attached hydrogens (tertiary/aromatic N) is 2. The molecular formula is C24H35N3O4. The van der Waals surface area contributed by atoms with Gasteiger partial charge in [0.1, 0.15) is 6.10 Å². The predicted molar refractivity (Wildman–Crippen MR) is 119 cm³/mol. The maximum Gasteiger partial charge on any atom is 0.258 e. The van der Waals surface area contributed by atoms with Crippen molar-refractivity contribution in [3.63, 3.8) is 0 Å². The molecule has 2 fully saturated rings. The lowest BCUT2D eigenvalue weighted by atomic mass is 9.99. The van der Waals surface area contributed by atoms with Crippen LogP contribution in [0, 0.1) is 17.8 Å². The van der Waals surface area contributed by atoms with Crippen molar-refractivity contribution in [2.75, 3.05) is 38.6 Å². The van der Waals surface area contributed by atoms with Crippen molar-refractivity contribution >= 4 is 17.5 Å². The van der Waals surface area contributed by atoms with E-state index in [0.29, 0.717) is 23.5 Å². The summed E-state index contributed by atoms with van der Waals surface area (Å²) in [4.78, 5) is 29.9. The van der Waals surface area contributed by atoms with E-state index in [9.17, 15) is 14.7 Å².